The van der Waals surface area contributed by atoms with Gasteiger partial charge in [-0.25, -0.2) is 0 Å². The van der Waals surface area contributed by atoms with Crippen LogP contribution in [0.3, 0.4) is 0 Å². The molecular weight excluding hydrogens is 628 g/mol. The fourth-order valence-corrected chi connectivity index (χ4v) is 7.55. The SMILES string of the molecule is CC.CC(C)C1CCN(C(=O)COCCN2CCN(C(C)C)CC2)CC1.CCN1CCN(CCCOCC(=O)N2CCC(C(C)C)CC2)CC1. The van der Waals surface area contributed by atoms with Crippen molar-refractivity contribution in [1.29, 1.82) is 0 Å². The summed E-state index contributed by atoms with van der Waals surface area (Å²) in [4.78, 5) is 38.4. The highest BCUT2D eigenvalue weighted by Gasteiger charge is 2.26. The van der Waals surface area contributed by atoms with Gasteiger partial charge in [-0.1, -0.05) is 48.5 Å². The normalized spacial score (nSPS) is 21.0. The van der Waals surface area contributed by atoms with Crippen LogP contribution in [-0.4, -0.2) is 172 Å². The van der Waals surface area contributed by atoms with Crippen LogP contribution in [0.4, 0.5) is 0 Å². The van der Waals surface area contributed by atoms with Gasteiger partial charge in [0.25, 0.3) is 0 Å². The highest BCUT2D eigenvalue weighted by Crippen LogP contribution is 2.25. The molecule has 50 heavy (non-hydrogen) atoms. The van der Waals surface area contributed by atoms with Crippen LogP contribution in [0.15, 0.2) is 0 Å². The summed E-state index contributed by atoms with van der Waals surface area (Å²) in [5, 5.41) is 0. The van der Waals surface area contributed by atoms with E-state index in [2.05, 4.69) is 68.1 Å². The Morgan fingerprint density at radius 3 is 1.38 bits per heavy atom. The molecule has 4 saturated heterocycles. The minimum Gasteiger partial charge on any atom is -0.372 e. The molecule has 0 radical (unpaired) electrons. The summed E-state index contributed by atoms with van der Waals surface area (Å²) in [5.74, 6) is 3.37. The molecule has 0 aromatic carbocycles. The Balaban J connectivity index is 0.000000330. The molecule has 0 unspecified atom stereocenters. The van der Waals surface area contributed by atoms with E-state index in [1.165, 1.54) is 13.1 Å². The Bertz CT molecular complexity index is 873. The van der Waals surface area contributed by atoms with Crippen molar-refractivity contribution in [1.82, 2.24) is 29.4 Å². The molecule has 0 aromatic heterocycles. The number of nitrogens with zero attached hydrogens (tertiary/aromatic N) is 6. The third kappa shape index (κ3) is 17.0. The molecule has 10 heteroatoms. The number of likely N-dealkylation sites (N-methyl/N-ethyl adjacent to an activating group) is 1. The first kappa shape index (κ1) is 44.9. The van der Waals surface area contributed by atoms with Gasteiger partial charge in [0.15, 0.2) is 0 Å². The van der Waals surface area contributed by atoms with Crippen LogP contribution >= 0.6 is 0 Å². The molecule has 0 aliphatic carbocycles. The van der Waals surface area contributed by atoms with Gasteiger partial charge in [-0.05, 0) is 76.2 Å². The number of hydrogen-bond donors (Lipinski definition) is 0. The highest BCUT2D eigenvalue weighted by molar-refractivity contribution is 5.77. The predicted octanol–water partition coefficient (Wildman–Crippen LogP) is 4.88. The second kappa shape index (κ2) is 25.6. The van der Waals surface area contributed by atoms with E-state index in [-0.39, 0.29) is 25.0 Å². The largest absolute Gasteiger partial charge is 0.372 e. The summed E-state index contributed by atoms with van der Waals surface area (Å²) in [6.45, 7) is 37.8. The van der Waals surface area contributed by atoms with Crippen molar-refractivity contribution in [2.75, 3.05) is 125 Å². The van der Waals surface area contributed by atoms with Crippen molar-refractivity contribution in [3.05, 3.63) is 0 Å². The zero-order chi connectivity index (χ0) is 36.9. The van der Waals surface area contributed by atoms with E-state index in [1.54, 1.807) is 0 Å². The summed E-state index contributed by atoms with van der Waals surface area (Å²) in [6.07, 6.45) is 5.60. The predicted molar refractivity (Wildman–Crippen MR) is 208 cm³/mol. The van der Waals surface area contributed by atoms with E-state index in [0.717, 1.165) is 141 Å². The summed E-state index contributed by atoms with van der Waals surface area (Å²) in [5.41, 5.74) is 0. The Morgan fingerprint density at radius 1 is 0.560 bits per heavy atom. The molecule has 0 spiro atoms. The van der Waals surface area contributed by atoms with Crippen molar-refractivity contribution >= 4 is 11.8 Å². The summed E-state index contributed by atoms with van der Waals surface area (Å²) < 4.78 is 11.3. The molecule has 4 aliphatic heterocycles. The van der Waals surface area contributed by atoms with Gasteiger partial charge in [-0.3, -0.25) is 19.4 Å². The molecule has 2 amide bonds. The van der Waals surface area contributed by atoms with Crippen LogP contribution in [0.2, 0.25) is 0 Å². The monoisotopic (exact) mass is 709 g/mol. The lowest BCUT2D eigenvalue weighted by Gasteiger charge is -2.36. The van der Waals surface area contributed by atoms with Crippen molar-refractivity contribution in [3.8, 4) is 0 Å². The Hall–Kier alpha value is -1.30. The molecule has 0 aromatic rings. The minimum atomic E-state index is 0.168. The maximum absolute atomic E-state index is 12.2. The Kier molecular flexibility index (Phi) is 23.0. The first-order valence-corrected chi connectivity index (χ1v) is 20.7. The van der Waals surface area contributed by atoms with Gasteiger partial charge < -0.3 is 29.1 Å². The third-order valence-electron chi connectivity index (χ3n) is 11.5. The van der Waals surface area contributed by atoms with Crippen molar-refractivity contribution in [3.63, 3.8) is 0 Å². The van der Waals surface area contributed by atoms with E-state index in [1.807, 2.05) is 23.6 Å². The molecule has 4 fully saturated rings. The third-order valence-corrected chi connectivity index (χ3v) is 11.5. The van der Waals surface area contributed by atoms with Crippen LogP contribution in [0, 0.1) is 23.7 Å². The molecule has 0 N–H and O–H groups in total. The quantitative estimate of drug-likeness (QED) is 0.223. The van der Waals surface area contributed by atoms with Crippen molar-refractivity contribution in [2.24, 2.45) is 23.7 Å². The topological polar surface area (TPSA) is 72.0 Å². The maximum Gasteiger partial charge on any atom is 0.248 e. The molecular formula is C40H80N6O4. The number of ether oxygens (including phenoxy) is 2. The van der Waals surface area contributed by atoms with E-state index in [4.69, 9.17) is 9.47 Å². The average molecular weight is 709 g/mol. The number of rotatable bonds is 15. The molecule has 10 nitrogen and oxygen atoms in total. The van der Waals surface area contributed by atoms with Crippen molar-refractivity contribution in [2.45, 2.75) is 100 Å². The summed E-state index contributed by atoms with van der Waals surface area (Å²) in [6, 6.07) is 0.640. The van der Waals surface area contributed by atoms with Crippen molar-refractivity contribution < 1.29 is 19.1 Å². The second-order valence-electron chi connectivity index (χ2n) is 15.6. The lowest BCUT2D eigenvalue weighted by Crippen LogP contribution is -2.49. The van der Waals surface area contributed by atoms with Crippen LogP contribution < -0.4 is 0 Å². The lowest BCUT2D eigenvalue weighted by atomic mass is 9.87. The number of piperidine rings is 2. The fraction of sp³-hybridized carbons (Fsp3) is 0.950. The molecule has 0 atom stereocenters. The van der Waals surface area contributed by atoms with E-state index in [0.29, 0.717) is 19.3 Å². The number of piperazine rings is 2. The fourth-order valence-electron chi connectivity index (χ4n) is 7.55. The number of carbonyl (C=O) groups excluding carboxylic acids is 2. The van der Waals surface area contributed by atoms with Gasteiger partial charge >= 0.3 is 0 Å². The molecule has 4 heterocycles. The first-order valence-electron chi connectivity index (χ1n) is 20.7. The maximum atomic E-state index is 12.2. The zero-order valence-corrected chi connectivity index (χ0v) is 34.2. The van der Waals surface area contributed by atoms with Crippen LogP contribution in [0.1, 0.15) is 94.4 Å². The van der Waals surface area contributed by atoms with E-state index < -0.39 is 0 Å². The lowest BCUT2D eigenvalue weighted by molar-refractivity contribution is -0.138. The van der Waals surface area contributed by atoms with Crippen LogP contribution in [-0.2, 0) is 19.1 Å². The van der Waals surface area contributed by atoms with E-state index >= 15 is 0 Å². The molecule has 294 valence electrons. The smallest absolute Gasteiger partial charge is 0.248 e. The molecule has 0 bridgehead atoms. The number of carbonyl (C=O) groups is 2. The van der Waals surface area contributed by atoms with Gasteiger partial charge in [-0.15, -0.1) is 0 Å². The molecule has 0 saturated carbocycles. The van der Waals surface area contributed by atoms with E-state index in [9.17, 15) is 9.59 Å². The number of likely N-dealkylation sites (tertiary alicyclic amines) is 2. The number of amides is 2. The standard InChI is InChI=1S/2C19H37N3O2.C2H6/c1-16(2)18-5-7-22(8-6-18)19(23)15-24-14-13-20-9-11-21(12-10-20)17(3)4;1-4-20-11-13-21(14-12-20)8-5-15-24-16-19(23)22-9-6-18(7-10-22)17(2)3;1-2/h16-18H,5-15H2,1-4H3;17-18H,4-16H2,1-3H3;1-2H3. The van der Waals surface area contributed by atoms with Crippen LogP contribution in [0.25, 0.3) is 0 Å². The number of hydrogen-bond acceptors (Lipinski definition) is 8. The first-order chi connectivity index (χ1) is 24.1. The minimum absolute atomic E-state index is 0.168. The van der Waals surface area contributed by atoms with Gasteiger partial charge in [0, 0.05) is 104 Å². The molecule has 4 aliphatic rings. The van der Waals surface area contributed by atoms with Crippen LogP contribution in [0.5, 0.6) is 0 Å². The van der Waals surface area contributed by atoms with Gasteiger partial charge in [-0.2, -0.15) is 0 Å². The van der Waals surface area contributed by atoms with Gasteiger partial charge in [0.05, 0.1) is 6.61 Å². The second-order valence-corrected chi connectivity index (χ2v) is 15.6. The zero-order valence-electron chi connectivity index (χ0n) is 34.2. The van der Waals surface area contributed by atoms with Gasteiger partial charge in [0.2, 0.25) is 11.8 Å². The highest BCUT2D eigenvalue weighted by atomic mass is 16.5. The Morgan fingerprint density at radius 2 is 0.960 bits per heavy atom. The average Bonchev–Trinajstić information content (AvgIpc) is 3.14. The summed E-state index contributed by atoms with van der Waals surface area (Å²) in [7, 11) is 0. The molecule has 4 rings (SSSR count). The summed E-state index contributed by atoms with van der Waals surface area (Å²) >= 11 is 0. The Labute approximate surface area is 308 Å². The van der Waals surface area contributed by atoms with Gasteiger partial charge in [0.1, 0.15) is 13.2 Å².